The third-order valence-corrected chi connectivity index (χ3v) is 12.5. The summed E-state index contributed by atoms with van der Waals surface area (Å²) in [6, 6.07) is 23.4. The van der Waals surface area contributed by atoms with Crippen molar-refractivity contribution in [2.24, 2.45) is 13.0 Å². The number of aromatic nitrogens is 5. The topological polar surface area (TPSA) is 160 Å². The Morgan fingerprint density at radius 1 is 0.898 bits per heavy atom. The summed E-state index contributed by atoms with van der Waals surface area (Å²) in [4.78, 5) is 78.5. The number of benzene rings is 4. The molecule has 2 amide bonds. The number of hydrogen-bond acceptors (Lipinski definition) is 9. The Bertz CT molecular complexity index is 2970. The lowest BCUT2D eigenvalue weighted by atomic mass is 9.53. The zero-order valence-corrected chi connectivity index (χ0v) is 33.3. The van der Waals surface area contributed by atoms with E-state index in [2.05, 4.69) is 4.98 Å². The van der Waals surface area contributed by atoms with Crippen LogP contribution in [-0.4, -0.2) is 54.6 Å². The molecule has 0 unspecified atom stereocenters. The Kier molecular flexibility index (Phi) is 9.00. The molecule has 1 saturated heterocycles. The predicted octanol–water partition coefficient (Wildman–Crippen LogP) is 4.78. The lowest BCUT2D eigenvalue weighted by Gasteiger charge is -2.49. The Labute approximate surface area is 341 Å². The number of aromatic hydroxyl groups is 1. The first-order chi connectivity index (χ1) is 28.4. The number of nitrogens with zero attached hydrogens (tertiary/aromatic N) is 6. The van der Waals surface area contributed by atoms with Crippen LogP contribution in [0.4, 0.5) is 5.69 Å². The molecule has 1 saturated carbocycles. The van der Waals surface area contributed by atoms with E-state index in [1.54, 1.807) is 62.5 Å². The Morgan fingerprint density at radius 3 is 2.36 bits per heavy atom. The molecule has 15 heteroatoms. The van der Waals surface area contributed by atoms with E-state index < -0.39 is 52.0 Å². The van der Waals surface area contributed by atoms with E-state index in [4.69, 9.17) is 21.1 Å². The second-order valence-electron chi connectivity index (χ2n) is 15.2. The van der Waals surface area contributed by atoms with Crippen LogP contribution in [-0.2, 0) is 41.6 Å². The Balaban J connectivity index is 1.18. The minimum atomic E-state index is -1.48. The van der Waals surface area contributed by atoms with Crippen molar-refractivity contribution in [2.75, 3.05) is 19.1 Å². The standard InChI is InChI=1S/C44H39ClN6O8/c1-24-19-25(13-14-35(24)52)38-29-15-18-49-42(56)48(17-16-31-40(54)47(2)34-23-37(59-4)36(58-3)22-32(34)46-31)43(57)51(49)33(29)21-30-39(53)50(28-12-8-11-27(45)20-28)41(55)44(30,38)26-9-6-5-7-10-26/h5-15,19-20,22-23,30,33,38,52H,16-18,21H2,1-4H3/t30-,33+,38-,44+/m0/s1. The molecule has 4 heterocycles. The minimum absolute atomic E-state index is 0.00771. The summed E-state index contributed by atoms with van der Waals surface area (Å²) in [5, 5.41) is 11.0. The maximum absolute atomic E-state index is 15.4. The van der Waals surface area contributed by atoms with Gasteiger partial charge in [0.15, 0.2) is 11.5 Å². The number of halogens is 1. The molecule has 6 aromatic rings. The summed E-state index contributed by atoms with van der Waals surface area (Å²) in [7, 11) is 4.61. The highest BCUT2D eigenvalue weighted by Gasteiger charge is 2.68. The van der Waals surface area contributed by atoms with Gasteiger partial charge in [0.25, 0.3) is 5.56 Å². The van der Waals surface area contributed by atoms with Gasteiger partial charge in [-0.05, 0) is 59.9 Å². The Hall–Kier alpha value is -6.67. The van der Waals surface area contributed by atoms with Gasteiger partial charge in [0.2, 0.25) is 11.8 Å². The fraction of sp³-hybridized carbons (Fsp3) is 0.273. The van der Waals surface area contributed by atoms with Crippen LogP contribution in [0.25, 0.3) is 11.0 Å². The van der Waals surface area contributed by atoms with E-state index in [1.165, 1.54) is 33.1 Å². The van der Waals surface area contributed by atoms with Crippen molar-refractivity contribution < 1.29 is 24.2 Å². The summed E-state index contributed by atoms with van der Waals surface area (Å²) in [5.41, 5.74) is 0.924. The van der Waals surface area contributed by atoms with Crippen molar-refractivity contribution >= 4 is 40.1 Å². The van der Waals surface area contributed by atoms with Gasteiger partial charge < -0.3 is 19.1 Å². The summed E-state index contributed by atoms with van der Waals surface area (Å²) in [6.07, 6.45) is 1.88. The first kappa shape index (κ1) is 37.9. The number of phenols is 1. The van der Waals surface area contributed by atoms with E-state index in [1.807, 2.05) is 42.5 Å². The number of carbonyl (C=O) groups excluding carboxylic acids is 2. The van der Waals surface area contributed by atoms with Gasteiger partial charge in [0.1, 0.15) is 11.4 Å². The molecule has 14 nitrogen and oxygen atoms in total. The summed E-state index contributed by atoms with van der Waals surface area (Å²) in [6.45, 7) is 1.62. The van der Waals surface area contributed by atoms with E-state index in [9.17, 15) is 24.3 Å². The highest BCUT2D eigenvalue weighted by molar-refractivity contribution is 6.32. The molecular formula is C44H39ClN6O8. The van der Waals surface area contributed by atoms with Crippen molar-refractivity contribution in [1.82, 2.24) is 23.5 Å². The van der Waals surface area contributed by atoms with Crippen LogP contribution < -0.4 is 31.3 Å². The predicted molar refractivity (Wildman–Crippen MR) is 220 cm³/mol. The number of anilines is 1. The van der Waals surface area contributed by atoms with Gasteiger partial charge in [-0.2, -0.15) is 0 Å². The molecule has 300 valence electrons. The molecule has 59 heavy (non-hydrogen) atoms. The molecule has 9 rings (SSSR count). The Morgan fingerprint density at radius 2 is 1.64 bits per heavy atom. The fourth-order valence-electron chi connectivity index (χ4n) is 9.57. The molecule has 3 aliphatic rings. The SMILES string of the molecule is COc1cc2nc(CCn3c(=O)n4n(c3=O)[C@@H]3C[C@H]5C(=O)N(c6cccc(Cl)c6)C(=O)[C@@]5(c5ccccc5)[C@@H](c5ccc(O)c(C)c5)C3=CC4)c(=O)n(C)c2cc1OC. The lowest BCUT2D eigenvalue weighted by molar-refractivity contribution is -0.124. The van der Waals surface area contributed by atoms with Crippen LogP contribution in [0.15, 0.2) is 111 Å². The number of carbonyl (C=O) groups is 2. The molecule has 0 spiro atoms. The largest absolute Gasteiger partial charge is 0.508 e. The van der Waals surface area contributed by atoms with Crippen molar-refractivity contribution in [3.05, 3.63) is 155 Å². The molecule has 2 fully saturated rings. The number of hydrogen-bond donors (Lipinski definition) is 1. The second kappa shape index (κ2) is 14.0. The molecule has 4 atom stereocenters. The second-order valence-corrected chi connectivity index (χ2v) is 15.6. The number of rotatable bonds is 8. The number of allylic oxidation sites excluding steroid dienone is 2. The maximum Gasteiger partial charge on any atom is 0.347 e. The number of imide groups is 1. The van der Waals surface area contributed by atoms with Crippen molar-refractivity contribution in [3.63, 3.8) is 0 Å². The quantitative estimate of drug-likeness (QED) is 0.169. The summed E-state index contributed by atoms with van der Waals surface area (Å²) < 4.78 is 16.1. The number of methoxy groups -OCH3 is 2. The summed E-state index contributed by atoms with van der Waals surface area (Å²) in [5.74, 6) is -1.76. The van der Waals surface area contributed by atoms with Crippen LogP contribution in [0, 0.1) is 12.8 Å². The number of ether oxygens (including phenoxy) is 2. The van der Waals surface area contributed by atoms with Crippen molar-refractivity contribution in [2.45, 2.75) is 50.2 Å². The highest BCUT2D eigenvalue weighted by Crippen LogP contribution is 2.62. The first-order valence-corrected chi connectivity index (χ1v) is 19.5. The minimum Gasteiger partial charge on any atom is -0.508 e. The van der Waals surface area contributed by atoms with Crippen molar-refractivity contribution in [1.29, 1.82) is 0 Å². The number of aryl methyl sites for hydroxylation is 3. The van der Waals surface area contributed by atoms with Crippen molar-refractivity contribution in [3.8, 4) is 17.2 Å². The van der Waals surface area contributed by atoms with Gasteiger partial charge in [-0.1, -0.05) is 66.2 Å². The molecule has 2 aromatic heterocycles. The lowest BCUT2D eigenvalue weighted by Crippen LogP contribution is -2.53. The van der Waals surface area contributed by atoms with Crippen LogP contribution in [0.5, 0.6) is 17.2 Å². The summed E-state index contributed by atoms with van der Waals surface area (Å²) >= 11 is 6.41. The normalized spacial score (nSPS) is 20.9. The number of phenolic OH excluding ortho intramolecular Hbond substituents is 1. The number of fused-ring (bicyclic) bond motifs is 5. The van der Waals surface area contributed by atoms with E-state index >= 15 is 4.79 Å². The number of amides is 2. The molecule has 2 aliphatic heterocycles. The molecule has 1 N–H and O–H groups in total. The van der Waals surface area contributed by atoms with Crippen LogP contribution >= 0.6 is 11.6 Å². The molecular weight excluding hydrogens is 776 g/mol. The third-order valence-electron chi connectivity index (χ3n) is 12.3. The average Bonchev–Trinajstić information content (AvgIpc) is 3.62. The fourth-order valence-corrected chi connectivity index (χ4v) is 9.75. The van der Waals surface area contributed by atoms with E-state index in [-0.39, 0.29) is 37.4 Å². The average molecular weight is 815 g/mol. The van der Waals surface area contributed by atoms with Crippen LogP contribution in [0.3, 0.4) is 0 Å². The maximum atomic E-state index is 15.4. The molecule has 1 aliphatic carbocycles. The zero-order chi connectivity index (χ0) is 41.5. The van der Waals surface area contributed by atoms with Gasteiger partial charge in [-0.3, -0.25) is 14.4 Å². The van der Waals surface area contributed by atoms with Gasteiger partial charge in [-0.25, -0.2) is 33.4 Å². The van der Waals surface area contributed by atoms with E-state index in [0.717, 1.165) is 4.57 Å². The van der Waals surface area contributed by atoms with Gasteiger partial charge in [0, 0.05) is 43.1 Å². The van der Waals surface area contributed by atoms with Gasteiger partial charge >= 0.3 is 11.4 Å². The van der Waals surface area contributed by atoms with Gasteiger partial charge in [-0.15, -0.1) is 0 Å². The molecule has 0 radical (unpaired) electrons. The molecule has 0 bridgehead atoms. The third kappa shape index (κ3) is 5.53. The monoisotopic (exact) mass is 814 g/mol. The zero-order valence-electron chi connectivity index (χ0n) is 32.6. The molecule has 4 aromatic carbocycles. The highest BCUT2D eigenvalue weighted by atomic mass is 35.5. The first-order valence-electron chi connectivity index (χ1n) is 19.1. The van der Waals surface area contributed by atoms with E-state index in [0.29, 0.717) is 55.5 Å². The van der Waals surface area contributed by atoms with Gasteiger partial charge in [0.05, 0.1) is 54.9 Å². The van der Waals surface area contributed by atoms with Crippen LogP contribution in [0.1, 0.15) is 40.8 Å². The smallest absolute Gasteiger partial charge is 0.347 e. The van der Waals surface area contributed by atoms with Crippen LogP contribution in [0.2, 0.25) is 5.02 Å².